The first-order valence-corrected chi connectivity index (χ1v) is 4.23. The highest BCUT2D eigenvalue weighted by atomic mass is 32.1. The first kappa shape index (κ1) is 7.79. The van der Waals surface area contributed by atoms with Gasteiger partial charge in [0.1, 0.15) is 0 Å². The van der Waals surface area contributed by atoms with Crippen molar-refractivity contribution in [3.8, 4) is 0 Å². The SMILES string of the molecule is NC(=S)NCCC1CCC1. The molecule has 10 heavy (non-hydrogen) atoms. The molecule has 0 atom stereocenters. The fourth-order valence-corrected chi connectivity index (χ4v) is 1.28. The molecule has 0 aromatic carbocycles. The van der Waals surface area contributed by atoms with Crippen molar-refractivity contribution in [1.82, 2.24) is 5.32 Å². The van der Waals surface area contributed by atoms with Crippen LogP contribution in [0.25, 0.3) is 0 Å². The highest BCUT2D eigenvalue weighted by Crippen LogP contribution is 2.28. The lowest BCUT2D eigenvalue weighted by molar-refractivity contribution is 0.297. The van der Waals surface area contributed by atoms with Gasteiger partial charge in [0, 0.05) is 6.54 Å². The highest BCUT2D eigenvalue weighted by molar-refractivity contribution is 7.80. The van der Waals surface area contributed by atoms with Gasteiger partial charge in [0.05, 0.1) is 0 Å². The van der Waals surface area contributed by atoms with E-state index in [0.29, 0.717) is 5.11 Å². The van der Waals surface area contributed by atoms with Gasteiger partial charge in [0.25, 0.3) is 0 Å². The van der Waals surface area contributed by atoms with E-state index in [1.165, 1.54) is 25.7 Å². The van der Waals surface area contributed by atoms with Gasteiger partial charge in [-0.3, -0.25) is 0 Å². The molecule has 0 saturated heterocycles. The van der Waals surface area contributed by atoms with Crippen LogP contribution in [-0.2, 0) is 0 Å². The maximum atomic E-state index is 5.26. The molecule has 0 aromatic heterocycles. The predicted molar refractivity (Wildman–Crippen MR) is 46.7 cm³/mol. The summed E-state index contributed by atoms with van der Waals surface area (Å²) in [5.41, 5.74) is 5.26. The number of thiocarbonyl (C=S) groups is 1. The third-order valence-corrected chi connectivity index (χ3v) is 2.22. The van der Waals surface area contributed by atoms with E-state index in [1.807, 2.05) is 0 Å². The van der Waals surface area contributed by atoms with E-state index in [0.717, 1.165) is 12.5 Å². The molecule has 0 heterocycles. The van der Waals surface area contributed by atoms with Gasteiger partial charge in [-0.05, 0) is 24.6 Å². The summed E-state index contributed by atoms with van der Waals surface area (Å²) in [6.45, 7) is 0.958. The molecule has 0 amide bonds. The van der Waals surface area contributed by atoms with Crippen molar-refractivity contribution < 1.29 is 0 Å². The van der Waals surface area contributed by atoms with Crippen LogP contribution in [0.3, 0.4) is 0 Å². The summed E-state index contributed by atoms with van der Waals surface area (Å²) in [5, 5.41) is 3.38. The fourth-order valence-electron chi connectivity index (χ4n) is 1.18. The molecular formula is C7H14N2S. The summed E-state index contributed by atoms with van der Waals surface area (Å²) in [7, 11) is 0. The number of rotatable bonds is 3. The van der Waals surface area contributed by atoms with Crippen LogP contribution in [0.4, 0.5) is 0 Å². The molecule has 1 rings (SSSR count). The molecule has 1 aliphatic rings. The van der Waals surface area contributed by atoms with E-state index >= 15 is 0 Å². The monoisotopic (exact) mass is 158 g/mol. The second kappa shape index (κ2) is 3.76. The Balaban J connectivity index is 1.89. The van der Waals surface area contributed by atoms with Crippen LogP contribution in [0.5, 0.6) is 0 Å². The number of nitrogens with two attached hydrogens (primary N) is 1. The quantitative estimate of drug-likeness (QED) is 0.602. The van der Waals surface area contributed by atoms with Gasteiger partial charge in [0.2, 0.25) is 0 Å². The Hall–Kier alpha value is -0.310. The first-order chi connectivity index (χ1) is 4.79. The molecule has 1 fully saturated rings. The minimum Gasteiger partial charge on any atom is -0.376 e. The second-order valence-corrected chi connectivity index (χ2v) is 3.32. The molecule has 0 aromatic rings. The van der Waals surface area contributed by atoms with Gasteiger partial charge in [0.15, 0.2) is 5.11 Å². The highest BCUT2D eigenvalue weighted by Gasteiger charge is 2.16. The van der Waals surface area contributed by atoms with Gasteiger partial charge in [-0.1, -0.05) is 19.3 Å². The maximum absolute atomic E-state index is 5.26. The molecule has 0 unspecified atom stereocenters. The average molecular weight is 158 g/mol. The van der Waals surface area contributed by atoms with Crippen LogP contribution in [-0.4, -0.2) is 11.7 Å². The van der Waals surface area contributed by atoms with Crippen LogP contribution in [0, 0.1) is 5.92 Å². The van der Waals surface area contributed by atoms with E-state index in [1.54, 1.807) is 0 Å². The Labute approximate surface area is 67.2 Å². The number of hydrogen-bond donors (Lipinski definition) is 2. The summed E-state index contributed by atoms with van der Waals surface area (Å²) in [5.74, 6) is 0.946. The largest absolute Gasteiger partial charge is 0.376 e. The van der Waals surface area contributed by atoms with E-state index in [4.69, 9.17) is 5.73 Å². The topological polar surface area (TPSA) is 38.0 Å². The summed E-state index contributed by atoms with van der Waals surface area (Å²) in [6, 6.07) is 0. The van der Waals surface area contributed by atoms with Crippen molar-refractivity contribution in [2.24, 2.45) is 11.7 Å². The lowest BCUT2D eigenvalue weighted by Crippen LogP contribution is -2.31. The Morgan fingerprint density at radius 3 is 2.70 bits per heavy atom. The molecule has 1 aliphatic carbocycles. The minimum absolute atomic E-state index is 0.430. The second-order valence-electron chi connectivity index (χ2n) is 2.88. The van der Waals surface area contributed by atoms with Crippen LogP contribution < -0.4 is 11.1 Å². The lowest BCUT2D eigenvalue weighted by atomic mass is 9.83. The summed E-state index contributed by atoms with van der Waals surface area (Å²) < 4.78 is 0. The number of nitrogens with one attached hydrogen (secondary N) is 1. The minimum atomic E-state index is 0.430. The zero-order valence-corrected chi connectivity index (χ0v) is 6.91. The Morgan fingerprint density at radius 1 is 1.60 bits per heavy atom. The zero-order chi connectivity index (χ0) is 7.40. The van der Waals surface area contributed by atoms with Crippen LogP contribution in [0.15, 0.2) is 0 Å². The Kier molecular flexibility index (Phi) is 2.93. The van der Waals surface area contributed by atoms with Crippen LogP contribution >= 0.6 is 12.2 Å². The summed E-state index contributed by atoms with van der Waals surface area (Å²) >= 11 is 4.67. The molecule has 0 bridgehead atoms. The van der Waals surface area contributed by atoms with Crippen molar-refractivity contribution >= 4 is 17.3 Å². The maximum Gasteiger partial charge on any atom is 0.163 e. The van der Waals surface area contributed by atoms with E-state index in [2.05, 4.69) is 17.5 Å². The van der Waals surface area contributed by atoms with E-state index in [-0.39, 0.29) is 0 Å². The average Bonchev–Trinajstić information content (AvgIpc) is 1.75. The first-order valence-electron chi connectivity index (χ1n) is 3.82. The third kappa shape index (κ3) is 2.52. The van der Waals surface area contributed by atoms with Gasteiger partial charge >= 0.3 is 0 Å². The van der Waals surface area contributed by atoms with Crippen LogP contribution in [0.1, 0.15) is 25.7 Å². The van der Waals surface area contributed by atoms with Gasteiger partial charge in [-0.15, -0.1) is 0 Å². The van der Waals surface area contributed by atoms with Crippen molar-refractivity contribution in [2.45, 2.75) is 25.7 Å². The third-order valence-electron chi connectivity index (χ3n) is 2.08. The molecule has 3 N–H and O–H groups in total. The van der Waals surface area contributed by atoms with Crippen molar-refractivity contribution in [3.63, 3.8) is 0 Å². The summed E-state index contributed by atoms with van der Waals surface area (Å²) in [4.78, 5) is 0. The van der Waals surface area contributed by atoms with E-state index < -0.39 is 0 Å². The molecule has 1 saturated carbocycles. The normalized spacial score (nSPS) is 18.0. The lowest BCUT2D eigenvalue weighted by Gasteiger charge is -2.25. The van der Waals surface area contributed by atoms with Crippen molar-refractivity contribution in [2.75, 3.05) is 6.54 Å². The van der Waals surface area contributed by atoms with Gasteiger partial charge in [-0.2, -0.15) is 0 Å². The van der Waals surface area contributed by atoms with E-state index in [9.17, 15) is 0 Å². The number of hydrogen-bond acceptors (Lipinski definition) is 1. The molecular weight excluding hydrogens is 144 g/mol. The Bertz CT molecular complexity index is 121. The van der Waals surface area contributed by atoms with Crippen molar-refractivity contribution in [3.05, 3.63) is 0 Å². The van der Waals surface area contributed by atoms with Crippen LogP contribution in [0.2, 0.25) is 0 Å². The molecule has 2 nitrogen and oxygen atoms in total. The predicted octanol–water partition coefficient (Wildman–Crippen LogP) is 1.01. The molecule has 0 aliphatic heterocycles. The molecule has 0 radical (unpaired) electrons. The molecule has 0 spiro atoms. The standard InChI is InChI=1S/C7H14N2S/c8-7(10)9-5-4-6-2-1-3-6/h6H,1-5H2,(H3,8,9,10). The van der Waals surface area contributed by atoms with Gasteiger partial charge in [-0.25, -0.2) is 0 Å². The van der Waals surface area contributed by atoms with Crippen molar-refractivity contribution in [1.29, 1.82) is 0 Å². The Morgan fingerprint density at radius 2 is 2.30 bits per heavy atom. The summed E-state index contributed by atoms with van der Waals surface area (Å²) in [6.07, 6.45) is 5.45. The smallest absolute Gasteiger partial charge is 0.163 e. The fraction of sp³-hybridized carbons (Fsp3) is 0.857. The zero-order valence-electron chi connectivity index (χ0n) is 6.10. The molecule has 58 valence electrons. The molecule has 3 heteroatoms. The van der Waals surface area contributed by atoms with Gasteiger partial charge < -0.3 is 11.1 Å².